The second-order valence-electron chi connectivity index (χ2n) is 13.9. The van der Waals surface area contributed by atoms with Crippen molar-refractivity contribution in [2.75, 3.05) is 19.6 Å². The zero-order chi connectivity index (χ0) is 36.6. The fraction of sp³-hybridized carbons (Fsp3) is 0.295. The number of carbonyl (C=O) groups excluding carboxylic acids is 1. The zero-order valence-electron chi connectivity index (χ0n) is 30.3. The molecule has 1 aromatic heterocycles. The molecule has 2 unspecified atom stereocenters. The molecular weight excluding hydrogens is 663 g/mol. The Hall–Kier alpha value is -5.69. The minimum atomic E-state index is -0.212. The lowest BCUT2D eigenvalue weighted by atomic mass is 10.0. The van der Waals surface area contributed by atoms with Crippen molar-refractivity contribution >= 4 is 6.03 Å². The molecule has 0 saturated carbocycles. The second-order valence-corrected chi connectivity index (χ2v) is 13.9. The molecule has 2 atom stereocenters. The predicted molar refractivity (Wildman–Crippen MR) is 204 cm³/mol. The van der Waals surface area contributed by atoms with Crippen LogP contribution in [0.5, 0.6) is 11.6 Å². The van der Waals surface area contributed by atoms with Crippen LogP contribution in [0.4, 0.5) is 4.79 Å². The van der Waals surface area contributed by atoms with E-state index in [0.29, 0.717) is 37.1 Å². The van der Waals surface area contributed by atoms with Gasteiger partial charge in [0.25, 0.3) is 5.88 Å². The summed E-state index contributed by atoms with van der Waals surface area (Å²) < 4.78 is 12.5. The minimum Gasteiger partial charge on any atom is -0.482 e. The normalized spacial score (nSPS) is 17.2. The van der Waals surface area contributed by atoms with Crippen LogP contribution < -0.4 is 9.47 Å². The van der Waals surface area contributed by atoms with Gasteiger partial charge < -0.3 is 24.4 Å². The van der Waals surface area contributed by atoms with Crippen molar-refractivity contribution in [1.82, 2.24) is 24.7 Å². The molecule has 1 N–H and O–H groups in total. The van der Waals surface area contributed by atoms with Gasteiger partial charge in [0.15, 0.2) is 0 Å². The molecule has 9 heteroatoms. The highest BCUT2D eigenvalue weighted by molar-refractivity contribution is 5.78. The number of hydrogen-bond donors (Lipinski definition) is 1. The Labute approximate surface area is 311 Å². The maximum absolute atomic E-state index is 14.0. The van der Waals surface area contributed by atoms with Gasteiger partial charge in [-0.3, -0.25) is 4.90 Å². The van der Waals surface area contributed by atoms with Crippen LogP contribution in [0.3, 0.4) is 0 Å². The quantitative estimate of drug-likeness (QED) is 0.140. The average molecular weight is 708 g/mol. The molecule has 2 amide bonds. The number of aliphatic hydroxyl groups is 1. The molecule has 270 valence electrons. The molecule has 53 heavy (non-hydrogen) atoms. The van der Waals surface area contributed by atoms with Gasteiger partial charge in [-0.2, -0.15) is 4.98 Å². The first kappa shape index (κ1) is 35.7. The van der Waals surface area contributed by atoms with Gasteiger partial charge >= 0.3 is 6.03 Å². The van der Waals surface area contributed by atoms with Crippen molar-refractivity contribution < 1.29 is 19.4 Å². The fourth-order valence-corrected chi connectivity index (χ4v) is 6.88. The number of aliphatic hydroxyl groups excluding tert-OH is 1. The van der Waals surface area contributed by atoms with Gasteiger partial charge in [-0.15, -0.1) is 0 Å². The van der Waals surface area contributed by atoms with Crippen LogP contribution in [0.25, 0.3) is 0 Å². The van der Waals surface area contributed by atoms with Crippen LogP contribution in [-0.4, -0.2) is 67.6 Å². The van der Waals surface area contributed by atoms with E-state index in [-0.39, 0.29) is 30.8 Å². The smallest absolute Gasteiger partial charge is 0.321 e. The summed E-state index contributed by atoms with van der Waals surface area (Å²) in [5, 5.41) is 9.81. The fourth-order valence-electron chi connectivity index (χ4n) is 6.88. The van der Waals surface area contributed by atoms with Crippen molar-refractivity contribution in [2.45, 2.75) is 64.8 Å². The van der Waals surface area contributed by atoms with Crippen molar-refractivity contribution in [3.8, 4) is 23.5 Å². The predicted octanol–water partition coefficient (Wildman–Crippen LogP) is 6.99. The number of hydrogen-bond acceptors (Lipinski definition) is 7. The van der Waals surface area contributed by atoms with Gasteiger partial charge in [0.05, 0.1) is 18.7 Å². The number of aromatic nitrogens is 2. The Balaban J connectivity index is 1.05. The zero-order valence-corrected chi connectivity index (χ0v) is 30.3. The lowest BCUT2D eigenvalue weighted by Crippen LogP contribution is -2.37. The third-order valence-electron chi connectivity index (χ3n) is 9.66. The second kappa shape index (κ2) is 16.8. The van der Waals surface area contributed by atoms with Gasteiger partial charge in [0.1, 0.15) is 25.2 Å². The number of rotatable bonds is 12. The molecule has 4 aromatic carbocycles. The van der Waals surface area contributed by atoms with Crippen LogP contribution >= 0.6 is 0 Å². The first-order valence-electron chi connectivity index (χ1n) is 18.3. The first-order chi connectivity index (χ1) is 25.9. The lowest BCUT2D eigenvalue weighted by Gasteiger charge is -2.27. The van der Waals surface area contributed by atoms with Crippen LogP contribution in [0.15, 0.2) is 116 Å². The maximum atomic E-state index is 14.0. The Kier molecular flexibility index (Phi) is 11.3. The van der Waals surface area contributed by atoms with E-state index in [1.54, 1.807) is 0 Å². The van der Waals surface area contributed by atoms with Crippen LogP contribution in [0.2, 0.25) is 0 Å². The molecule has 3 heterocycles. The summed E-state index contributed by atoms with van der Waals surface area (Å²) in [4.78, 5) is 29.1. The molecule has 5 aromatic rings. The third kappa shape index (κ3) is 9.04. The van der Waals surface area contributed by atoms with Crippen LogP contribution in [0.1, 0.15) is 65.4 Å². The highest BCUT2D eigenvalue weighted by atomic mass is 16.5. The van der Waals surface area contributed by atoms with E-state index in [4.69, 9.17) is 9.47 Å². The topological polar surface area (TPSA) is 91.3 Å². The largest absolute Gasteiger partial charge is 0.482 e. The number of carbonyl (C=O) groups is 1. The molecule has 9 nitrogen and oxygen atoms in total. The van der Waals surface area contributed by atoms with E-state index in [0.717, 1.165) is 53.9 Å². The van der Waals surface area contributed by atoms with Crippen molar-refractivity contribution in [1.29, 1.82) is 0 Å². The number of benzene rings is 4. The minimum absolute atomic E-state index is 0.0144. The van der Waals surface area contributed by atoms with Crippen molar-refractivity contribution in [2.24, 2.45) is 0 Å². The van der Waals surface area contributed by atoms with Crippen LogP contribution in [0, 0.1) is 11.8 Å². The van der Waals surface area contributed by atoms with E-state index < -0.39 is 0 Å². The standard InChI is InChI=1S/C44H45N5O4/c1-32(2)49-41(38-21-19-34(20-22-38)14-13-33-15-17-35(18-16-33)25-47-24-23-39(50)26-47)28-48(44(49)51)27-40-42(52-29-36-9-5-3-6-10-36)43(46-31-45-40)53-30-37-11-7-4-8-12-37/h3-12,15-22,31-32,39,41,50H,23-30H2,1-2H3. The molecule has 2 aliphatic rings. The van der Waals surface area contributed by atoms with E-state index in [2.05, 4.69) is 63.1 Å². The van der Waals surface area contributed by atoms with Gasteiger partial charge in [-0.1, -0.05) is 96.8 Å². The molecule has 2 fully saturated rings. The highest BCUT2D eigenvalue weighted by Crippen LogP contribution is 2.35. The Morgan fingerprint density at radius 1 is 0.755 bits per heavy atom. The average Bonchev–Trinajstić information content (AvgIpc) is 3.75. The van der Waals surface area contributed by atoms with E-state index >= 15 is 0 Å². The van der Waals surface area contributed by atoms with Gasteiger partial charge in [0, 0.05) is 43.3 Å². The van der Waals surface area contributed by atoms with E-state index in [1.807, 2.05) is 96.4 Å². The van der Waals surface area contributed by atoms with E-state index in [1.165, 1.54) is 11.9 Å². The molecule has 2 aliphatic heterocycles. The molecule has 0 spiro atoms. The van der Waals surface area contributed by atoms with Crippen molar-refractivity contribution in [3.63, 3.8) is 0 Å². The van der Waals surface area contributed by atoms with Gasteiger partial charge in [0.2, 0.25) is 5.75 Å². The third-order valence-corrected chi connectivity index (χ3v) is 9.66. The summed E-state index contributed by atoms with van der Waals surface area (Å²) in [5.41, 5.74) is 6.72. The van der Waals surface area contributed by atoms with Gasteiger partial charge in [-0.25, -0.2) is 9.78 Å². The summed E-state index contributed by atoms with van der Waals surface area (Å²) in [7, 11) is 0. The Bertz CT molecular complexity index is 2030. The maximum Gasteiger partial charge on any atom is 0.321 e. The monoisotopic (exact) mass is 707 g/mol. The SMILES string of the molecule is CC(C)N1C(=O)N(Cc2ncnc(OCc3ccccc3)c2OCc2ccccc2)CC1c1ccc(C#Cc2ccc(CN3CCC(O)C3)cc2)cc1. The summed E-state index contributed by atoms with van der Waals surface area (Å²) in [6.07, 6.45) is 2.10. The Morgan fingerprint density at radius 2 is 1.38 bits per heavy atom. The summed E-state index contributed by atoms with van der Waals surface area (Å²) in [6.45, 7) is 7.96. The number of β-amino-alcohol motifs (C(OH)–C–C–N with tert-alkyl or cyclic N) is 1. The molecular formula is C44H45N5O4. The van der Waals surface area contributed by atoms with Gasteiger partial charge in [-0.05, 0) is 66.8 Å². The molecule has 2 saturated heterocycles. The summed E-state index contributed by atoms with van der Waals surface area (Å²) >= 11 is 0. The van der Waals surface area contributed by atoms with Crippen LogP contribution in [-0.2, 0) is 26.3 Å². The molecule has 7 rings (SSSR count). The highest BCUT2D eigenvalue weighted by Gasteiger charge is 2.40. The number of amides is 2. The first-order valence-corrected chi connectivity index (χ1v) is 18.3. The number of likely N-dealkylation sites (tertiary alicyclic amines) is 1. The number of ether oxygens (including phenoxy) is 2. The molecule has 0 radical (unpaired) electrons. The number of nitrogens with zero attached hydrogens (tertiary/aromatic N) is 5. The molecule has 0 bridgehead atoms. The lowest BCUT2D eigenvalue weighted by molar-refractivity contribution is 0.171. The summed E-state index contributed by atoms with van der Waals surface area (Å²) in [6, 6.07) is 36.1. The Morgan fingerprint density at radius 3 is 1.98 bits per heavy atom. The summed E-state index contributed by atoms with van der Waals surface area (Å²) in [5.74, 6) is 7.35. The van der Waals surface area contributed by atoms with E-state index in [9.17, 15) is 9.90 Å². The molecule has 0 aliphatic carbocycles. The number of urea groups is 1. The van der Waals surface area contributed by atoms with Crippen molar-refractivity contribution in [3.05, 3.63) is 155 Å².